The van der Waals surface area contributed by atoms with E-state index in [0.29, 0.717) is 11.3 Å². The van der Waals surface area contributed by atoms with Gasteiger partial charge in [-0.05, 0) is 75.7 Å². The highest BCUT2D eigenvalue weighted by Crippen LogP contribution is 2.28. The van der Waals surface area contributed by atoms with E-state index in [1.807, 2.05) is 38.1 Å². The number of nitrogens with zero attached hydrogens (tertiary/aromatic N) is 1. The lowest BCUT2D eigenvalue weighted by Crippen LogP contribution is -2.35. The molecule has 0 aliphatic carbocycles. The third kappa shape index (κ3) is 5.45. The second-order valence-corrected chi connectivity index (χ2v) is 7.58. The second-order valence-electron chi connectivity index (χ2n) is 7.17. The minimum absolute atomic E-state index is 0.0485. The molecule has 0 atom stereocenters. The Morgan fingerprint density at radius 1 is 1.07 bits per heavy atom. The van der Waals surface area contributed by atoms with Crippen LogP contribution in [0, 0.1) is 0 Å². The van der Waals surface area contributed by atoms with Crippen LogP contribution >= 0.6 is 12.2 Å². The number of hydrogen-bond donors (Lipinski definition) is 2. The van der Waals surface area contributed by atoms with Crippen LogP contribution in [0.3, 0.4) is 0 Å². The van der Waals surface area contributed by atoms with E-state index < -0.39 is 0 Å². The van der Waals surface area contributed by atoms with Crippen molar-refractivity contribution in [3.05, 3.63) is 54.1 Å². The van der Waals surface area contributed by atoms with Crippen LogP contribution in [0.25, 0.3) is 0 Å². The van der Waals surface area contributed by atoms with Crippen LogP contribution in [-0.2, 0) is 0 Å². The van der Waals surface area contributed by atoms with E-state index in [4.69, 9.17) is 17.0 Å². The molecular weight excluding hydrogens is 370 g/mol. The number of para-hydroxylation sites is 2. The van der Waals surface area contributed by atoms with Crippen molar-refractivity contribution in [1.82, 2.24) is 5.32 Å². The fraction of sp³-hybridized carbons (Fsp3) is 0.364. The van der Waals surface area contributed by atoms with E-state index in [2.05, 4.69) is 21.6 Å². The smallest absolute Gasteiger partial charge is 0.257 e. The first-order valence-corrected chi connectivity index (χ1v) is 10.2. The van der Waals surface area contributed by atoms with Crippen molar-refractivity contribution in [2.45, 2.75) is 39.2 Å². The zero-order valence-electron chi connectivity index (χ0n) is 16.4. The Balaban J connectivity index is 1.65. The summed E-state index contributed by atoms with van der Waals surface area (Å²) in [6.45, 7) is 5.98. The van der Waals surface area contributed by atoms with Crippen LogP contribution in [0.4, 0.5) is 11.4 Å². The van der Waals surface area contributed by atoms with Crippen molar-refractivity contribution < 1.29 is 9.53 Å². The number of anilines is 2. The lowest BCUT2D eigenvalue weighted by atomic mass is 10.1. The van der Waals surface area contributed by atoms with Crippen LogP contribution < -0.4 is 20.3 Å². The third-order valence-corrected chi connectivity index (χ3v) is 4.75. The fourth-order valence-corrected chi connectivity index (χ4v) is 3.50. The van der Waals surface area contributed by atoms with E-state index in [1.54, 1.807) is 18.2 Å². The summed E-state index contributed by atoms with van der Waals surface area (Å²) in [5, 5.41) is 6.23. The molecule has 1 heterocycles. The molecule has 0 unspecified atom stereocenters. The Morgan fingerprint density at radius 2 is 1.82 bits per heavy atom. The Hall–Kier alpha value is -2.60. The van der Waals surface area contributed by atoms with Gasteiger partial charge in [-0.25, -0.2) is 0 Å². The largest absolute Gasteiger partial charge is 0.491 e. The van der Waals surface area contributed by atoms with Crippen LogP contribution in [0.15, 0.2) is 48.5 Å². The summed E-state index contributed by atoms with van der Waals surface area (Å²) in [4.78, 5) is 14.9. The predicted octanol–water partition coefficient (Wildman–Crippen LogP) is 4.59. The molecular formula is C22H27N3O2S. The van der Waals surface area contributed by atoms with Gasteiger partial charge in [0.05, 0.1) is 17.5 Å². The molecule has 0 bridgehead atoms. The van der Waals surface area contributed by atoms with Crippen LogP contribution in [0.5, 0.6) is 5.75 Å². The van der Waals surface area contributed by atoms with E-state index in [-0.39, 0.29) is 17.1 Å². The monoisotopic (exact) mass is 397 g/mol. The lowest BCUT2D eigenvalue weighted by Gasteiger charge is -2.30. The summed E-state index contributed by atoms with van der Waals surface area (Å²) in [7, 11) is 0. The minimum atomic E-state index is -0.262. The van der Waals surface area contributed by atoms with Gasteiger partial charge in [-0.1, -0.05) is 18.2 Å². The molecule has 0 saturated carbocycles. The number of thiocarbonyl (C=S) groups is 1. The third-order valence-electron chi connectivity index (χ3n) is 4.54. The second kappa shape index (κ2) is 9.55. The van der Waals surface area contributed by atoms with Crippen LogP contribution in [-0.4, -0.2) is 30.2 Å². The van der Waals surface area contributed by atoms with E-state index in [0.717, 1.165) is 24.5 Å². The Kier molecular flexibility index (Phi) is 6.87. The number of carbonyl (C=O) groups excluding carboxylic acids is 1. The van der Waals surface area contributed by atoms with Crippen molar-refractivity contribution in [3.8, 4) is 5.75 Å². The number of carbonyl (C=O) groups is 1. The number of ether oxygens (including phenoxy) is 1. The molecule has 2 N–H and O–H groups in total. The molecule has 0 spiro atoms. The van der Waals surface area contributed by atoms with Crippen LogP contribution in [0.1, 0.15) is 43.5 Å². The summed E-state index contributed by atoms with van der Waals surface area (Å²) in [5.74, 6) is 0.402. The standard InChI is InChI=1S/C22H27N3O2S/c1-16(2)27-18-10-8-9-17(15-18)21(26)24-22(28)23-19-11-4-5-12-20(19)25-13-6-3-7-14-25/h4-5,8-12,15-16H,3,6-7,13-14H2,1-2H3,(H2,23,24,26,28). The van der Waals surface area contributed by atoms with Gasteiger partial charge in [0.2, 0.25) is 0 Å². The predicted molar refractivity (Wildman–Crippen MR) is 118 cm³/mol. The van der Waals surface area contributed by atoms with Gasteiger partial charge < -0.3 is 15.0 Å². The van der Waals surface area contributed by atoms with E-state index >= 15 is 0 Å². The number of nitrogens with one attached hydrogen (secondary N) is 2. The number of amides is 1. The highest BCUT2D eigenvalue weighted by molar-refractivity contribution is 7.80. The Bertz CT molecular complexity index is 832. The molecule has 148 valence electrons. The minimum Gasteiger partial charge on any atom is -0.491 e. The topological polar surface area (TPSA) is 53.6 Å². The van der Waals surface area contributed by atoms with E-state index in [9.17, 15) is 4.79 Å². The van der Waals surface area contributed by atoms with Crippen molar-refractivity contribution in [3.63, 3.8) is 0 Å². The maximum absolute atomic E-state index is 12.6. The van der Waals surface area contributed by atoms with Gasteiger partial charge in [0.1, 0.15) is 5.75 Å². The van der Waals surface area contributed by atoms with Gasteiger partial charge in [-0.15, -0.1) is 0 Å². The molecule has 2 aromatic rings. The van der Waals surface area contributed by atoms with Crippen molar-refractivity contribution >= 4 is 34.6 Å². The summed E-state index contributed by atoms with van der Waals surface area (Å²) >= 11 is 5.38. The maximum Gasteiger partial charge on any atom is 0.257 e. The molecule has 5 nitrogen and oxygen atoms in total. The molecule has 1 aliphatic rings. The number of rotatable bonds is 5. The molecule has 28 heavy (non-hydrogen) atoms. The molecule has 1 fully saturated rings. The SMILES string of the molecule is CC(C)Oc1cccc(C(=O)NC(=S)Nc2ccccc2N2CCCCC2)c1. The van der Waals surface area contributed by atoms with Crippen molar-refractivity contribution in [2.75, 3.05) is 23.3 Å². The van der Waals surface area contributed by atoms with Gasteiger partial charge >= 0.3 is 0 Å². The normalized spacial score (nSPS) is 13.9. The number of piperidine rings is 1. The first kappa shape index (κ1) is 20.1. The first-order chi connectivity index (χ1) is 13.5. The lowest BCUT2D eigenvalue weighted by molar-refractivity contribution is 0.0977. The zero-order chi connectivity index (χ0) is 19.9. The average molecular weight is 398 g/mol. The molecule has 1 amide bonds. The molecule has 0 aromatic heterocycles. The molecule has 6 heteroatoms. The Labute approximate surface area is 172 Å². The van der Waals surface area contributed by atoms with Crippen LogP contribution in [0.2, 0.25) is 0 Å². The summed E-state index contributed by atoms with van der Waals surface area (Å²) in [6.07, 6.45) is 3.72. The summed E-state index contributed by atoms with van der Waals surface area (Å²) in [5.41, 5.74) is 2.53. The molecule has 0 radical (unpaired) electrons. The molecule has 3 rings (SSSR count). The highest BCUT2D eigenvalue weighted by Gasteiger charge is 2.16. The summed E-state index contributed by atoms with van der Waals surface area (Å²) < 4.78 is 5.65. The molecule has 2 aromatic carbocycles. The summed E-state index contributed by atoms with van der Waals surface area (Å²) in [6, 6.07) is 15.2. The van der Waals surface area contributed by atoms with Gasteiger partial charge in [0, 0.05) is 18.7 Å². The van der Waals surface area contributed by atoms with Crippen molar-refractivity contribution in [1.29, 1.82) is 0 Å². The Morgan fingerprint density at radius 3 is 2.57 bits per heavy atom. The fourth-order valence-electron chi connectivity index (χ4n) is 3.30. The zero-order valence-corrected chi connectivity index (χ0v) is 17.2. The quantitative estimate of drug-likeness (QED) is 0.723. The maximum atomic E-state index is 12.6. The highest BCUT2D eigenvalue weighted by atomic mass is 32.1. The van der Waals surface area contributed by atoms with Crippen molar-refractivity contribution in [2.24, 2.45) is 0 Å². The average Bonchev–Trinajstić information content (AvgIpc) is 2.68. The van der Waals surface area contributed by atoms with Gasteiger partial charge in [-0.3, -0.25) is 10.1 Å². The number of benzene rings is 2. The molecule has 1 aliphatic heterocycles. The number of hydrogen-bond acceptors (Lipinski definition) is 4. The first-order valence-electron chi connectivity index (χ1n) is 9.76. The van der Waals surface area contributed by atoms with Gasteiger partial charge in [0.25, 0.3) is 5.91 Å². The van der Waals surface area contributed by atoms with Gasteiger partial charge in [-0.2, -0.15) is 0 Å². The van der Waals surface area contributed by atoms with Gasteiger partial charge in [0.15, 0.2) is 5.11 Å². The molecule has 1 saturated heterocycles. The van der Waals surface area contributed by atoms with E-state index in [1.165, 1.54) is 19.3 Å².